The molecule has 0 aromatic carbocycles. The number of hydrogen-bond acceptors (Lipinski definition) is 4. The molecule has 0 spiro atoms. The number of carboxylic acids is 1. The Hall–Kier alpha value is -0.940. The first-order chi connectivity index (χ1) is 5.87. The molecule has 1 rings (SSSR count). The molecular weight excluding hydrogens is 176 g/mol. The van der Waals surface area contributed by atoms with Gasteiger partial charge in [-0.1, -0.05) is 0 Å². The van der Waals surface area contributed by atoms with Crippen LogP contribution in [0.3, 0.4) is 0 Å². The minimum absolute atomic E-state index is 0.0881. The fourth-order valence-electron chi connectivity index (χ4n) is 1.51. The zero-order valence-corrected chi connectivity index (χ0v) is 7.23. The lowest BCUT2D eigenvalue weighted by Gasteiger charge is -2.34. The summed E-state index contributed by atoms with van der Waals surface area (Å²) in [4.78, 5) is 21.8. The largest absolute Gasteiger partial charge is 0.481 e. The molecule has 3 N–H and O–H groups in total. The standard InChI is InChI=1S/C8H12O5/c1-8(7(12)13)2-4(9)6(11)5(10)3-8/h4,6,9,11H,2-3H2,1H3,(H,12,13). The van der Waals surface area contributed by atoms with Gasteiger partial charge in [-0.3, -0.25) is 9.59 Å². The molecule has 3 unspecified atom stereocenters. The molecular formula is C8H12O5. The van der Waals surface area contributed by atoms with Gasteiger partial charge in [0.1, 0.15) is 6.10 Å². The van der Waals surface area contributed by atoms with E-state index in [9.17, 15) is 14.7 Å². The third-order valence-electron chi connectivity index (χ3n) is 2.43. The van der Waals surface area contributed by atoms with E-state index in [4.69, 9.17) is 10.2 Å². The first-order valence-corrected chi connectivity index (χ1v) is 3.99. The van der Waals surface area contributed by atoms with E-state index in [2.05, 4.69) is 0 Å². The number of Topliss-reactive ketones (excluding diaryl/α,β-unsaturated/α-hetero) is 1. The van der Waals surface area contributed by atoms with Crippen molar-refractivity contribution in [3.63, 3.8) is 0 Å². The monoisotopic (exact) mass is 188 g/mol. The molecule has 3 atom stereocenters. The zero-order valence-electron chi connectivity index (χ0n) is 7.23. The first kappa shape index (κ1) is 10.1. The molecule has 0 aromatic heterocycles. The summed E-state index contributed by atoms with van der Waals surface area (Å²) in [6.07, 6.45) is -3.00. The predicted octanol–water partition coefficient (Wildman–Crippen LogP) is -0.838. The maximum atomic E-state index is 11.1. The van der Waals surface area contributed by atoms with Gasteiger partial charge in [0, 0.05) is 6.42 Å². The Morgan fingerprint density at radius 2 is 2.08 bits per heavy atom. The van der Waals surface area contributed by atoms with Crippen molar-refractivity contribution >= 4 is 11.8 Å². The van der Waals surface area contributed by atoms with Gasteiger partial charge >= 0.3 is 5.97 Å². The summed E-state index contributed by atoms with van der Waals surface area (Å²) in [6, 6.07) is 0. The molecule has 1 aliphatic rings. The van der Waals surface area contributed by atoms with Crippen molar-refractivity contribution in [2.24, 2.45) is 5.41 Å². The van der Waals surface area contributed by atoms with Crippen molar-refractivity contribution in [3.8, 4) is 0 Å². The molecule has 0 aromatic rings. The number of aliphatic carboxylic acids is 1. The Kier molecular flexibility index (Phi) is 2.40. The van der Waals surface area contributed by atoms with Gasteiger partial charge in [0.05, 0.1) is 11.5 Å². The summed E-state index contributed by atoms with van der Waals surface area (Å²) in [7, 11) is 0. The van der Waals surface area contributed by atoms with Gasteiger partial charge in [0.25, 0.3) is 0 Å². The van der Waals surface area contributed by atoms with Crippen LogP contribution in [0.5, 0.6) is 0 Å². The molecule has 1 fully saturated rings. The molecule has 74 valence electrons. The third kappa shape index (κ3) is 1.71. The van der Waals surface area contributed by atoms with Crippen LogP contribution in [0, 0.1) is 5.41 Å². The molecule has 1 saturated carbocycles. The van der Waals surface area contributed by atoms with E-state index < -0.39 is 29.4 Å². The molecule has 0 amide bonds. The van der Waals surface area contributed by atoms with E-state index in [1.165, 1.54) is 6.92 Å². The Balaban J connectivity index is 2.85. The van der Waals surface area contributed by atoms with Crippen LogP contribution in [0.25, 0.3) is 0 Å². The maximum Gasteiger partial charge on any atom is 0.309 e. The van der Waals surface area contributed by atoms with Crippen LogP contribution < -0.4 is 0 Å². The lowest BCUT2D eigenvalue weighted by atomic mass is 9.73. The van der Waals surface area contributed by atoms with Crippen LogP contribution >= 0.6 is 0 Å². The lowest BCUT2D eigenvalue weighted by Crippen LogP contribution is -2.48. The molecule has 5 nitrogen and oxygen atoms in total. The summed E-state index contributed by atoms with van der Waals surface area (Å²) >= 11 is 0. The highest BCUT2D eigenvalue weighted by atomic mass is 16.4. The lowest BCUT2D eigenvalue weighted by molar-refractivity contribution is -0.162. The summed E-state index contributed by atoms with van der Waals surface area (Å²) < 4.78 is 0. The van der Waals surface area contributed by atoms with Crippen molar-refractivity contribution in [3.05, 3.63) is 0 Å². The number of aliphatic hydroxyl groups is 2. The SMILES string of the molecule is CC1(C(=O)O)CC(=O)C(O)C(O)C1. The van der Waals surface area contributed by atoms with Crippen LogP contribution in [0.4, 0.5) is 0 Å². The Bertz CT molecular complexity index is 249. The van der Waals surface area contributed by atoms with Gasteiger partial charge in [0.2, 0.25) is 0 Å². The van der Waals surface area contributed by atoms with Crippen LogP contribution in [-0.2, 0) is 9.59 Å². The zero-order chi connectivity index (χ0) is 10.2. The van der Waals surface area contributed by atoms with Crippen molar-refractivity contribution in [1.82, 2.24) is 0 Å². The molecule has 0 heterocycles. The van der Waals surface area contributed by atoms with Crippen molar-refractivity contribution in [1.29, 1.82) is 0 Å². The second-order valence-electron chi connectivity index (χ2n) is 3.73. The highest BCUT2D eigenvalue weighted by molar-refractivity contribution is 5.90. The van der Waals surface area contributed by atoms with E-state index in [0.29, 0.717) is 0 Å². The number of aliphatic hydroxyl groups excluding tert-OH is 2. The highest BCUT2D eigenvalue weighted by Crippen LogP contribution is 2.34. The third-order valence-corrected chi connectivity index (χ3v) is 2.43. The summed E-state index contributed by atoms with van der Waals surface area (Å²) in [5.74, 6) is -1.73. The number of ketones is 1. The van der Waals surface area contributed by atoms with Gasteiger partial charge in [-0.25, -0.2) is 0 Å². The second kappa shape index (κ2) is 3.08. The number of carbonyl (C=O) groups excluding carboxylic acids is 1. The van der Waals surface area contributed by atoms with Crippen LogP contribution in [0.1, 0.15) is 19.8 Å². The second-order valence-corrected chi connectivity index (χ2v) is 3.73. The minimum atomic E-state index is -1.42. The highest BCUT2D eigenvalue weighted by Gasteiger charge is 2.46. The van der Waals surface area contributed by atoms with E-state index in [1.54, 1.807) is 0 Å². The Morgan fingerprint density at radius 1 is 1.54 bits per heavy atom. The Labute approximate surface area is 75.0 Å². The topological polar surface area (TPSA) is 94.8 Å². The molecule has 5 heteroatoms. The Morgan fingerprint density at radius 3 is 2.46 bits per heavy atom. The van der Waals surface area contributed by atoms with E-state index >= 15 is 0 Å². The molecule has 0 radical (unpaired) electrons. The van der Waals surface area contributed by atoms with Gasteiger partial charge in [-0.15, -0.1) is 0 Å². The summed E-state index contributed by atoms with van der Waals surface area (Å²) in [5, 5.41) is 27.0. The van der Waals surface area contributed by atoms with Crippen LogP contribution in [-0.4, -0.2) is 39.3 Å². The van der Waals surface area contributed by atoms with Gasteiger partial charge in [-0.05, 0) is 13.3 Å². The summed E-state index contributed by atoms with van der Waals surface area (Å²) in [5.41, 5.74) is -1.24. The maximum absolute atomic E-state index is 11.1. The fourth-order valence-corrected chi connectivity index (χ4v) is 1.51. The quantitative estimate of drug-likeness (QED) is 0.499. The van der Waals surface area contributed by atoms with Crippen molar-refractivity contribution < 1.29 is 24.9 Å². The first-order valence-electron chi connectivity index (χ1n) is 3.99. The minimum Gasteiger partial charge on any atom is -0.481 e. The van der Waals surface area contributed by atoms with E-state index in [0.717, 1.165) is 0 Å². The van der Waals surface area contributed by atoms with Gasteiger partial charge in [-0.2, -0.15) is 0 Å². The average Bonchev–Trinajstić information content (AvgIpc) is 2.00. The summed E-state index contributed by atoms with van der Waals surface area (Å²) in [6.45, 7) is 1.39. The average molecular weight is 188 g/mol. The molecule has 1 aliphatic carbocycles. The predicted molar refractivity (Wildman–Crippen MR) is 42.0 cm³/mol. The number of hydrogen-bond donors (Lipinski definition) is 3. The smallest absolute Gasteiger partial charge is 0.309 e. The number of rotatable bonds is 1. The van der Waals surface area contributed by atoms with Crippen molar-refractivity contribution in [2.45, 2.75) is 32.0 Å². The number of carboxylic acid groups (broad SMARTS) is 1. The van der Waals surface area contributed by atoms with Crippen molar-refractivity contribution in [2.75, 3.05) is 0 Å². The van der Waals surface area contributed by atoms with Crippen LogP contribution in [0.15, 0.2) is 0 Å². The van der Waals surface area contributed by atoms with Crippen LogP contribution in [0.2, 0.25) is 0 Å². The van der Waals surface area contributed by atoms with Gasteiger partial charge < -0.3 is 15.3 Å². The number of carbonyl (C=O) groups is 2. The van der Waals surface area contributed by atoms with E-state index in [1.807, 2.05) is 0 Å². The molecule has 13 heavy (non-hydrogen) atoms. The normalized spacial score (nSPS) is 40.4. The van der Waals surface area contributed by atoms with Gasteiger partial charge in [0.15, 0.2) is 5.78 Å². The molecule has 0 saturated heterocycles. The van der Waals surface area contributed by atoms with E-state index in [-0.39, 0.29) is 12.8 Å². The fraction of sp³-hybridized carbons (Fsp3) is 0.750. The molecule has 0 aliphatic heterocycles. The molecule has 0 bridgehead atoms.